The summed E-state index contributed by atoms with van der Waals surface area (Å²) >= 11 is 0. The number of amides is 1. The number of piperidine rings is 1. The first-order valence-corrected chi connectivity index (χ1v) is 9.72. The summed E-state index contributed by atoms with van der Waals surface area (Å²) in [6.45, 7) is 15.6. The van der Waals surface area contributed by atoms with Crippen molar-refractivity contribution in [1.82, 2.24) is 10.2 Å². The molecule has 1 aliphatic carbocycles. The lowest BCUT2D eigenvalue weighted by Crippen LogP contribution is -2.51. The first kappa shape index (κ1) is 19.6. The second kappa shape index (κ2) is 7.23. The number of nitrogens with zero attached hydrogens (tertiary/aromatic N) is 1. The van der Waals surface area contributed by atoms with E-state index in [0.717, 1.165) is 32.5 Å². The van der Waals surface area contributed by atoms with E-state index in [1.54, 1.807) is 0 Å². The maximum absolute atomic E-state index is 12.2. The van der Waals surface area contributed by atoms with Gasteiger partial charge in [0, 0.05) is 25.7 Å². The summed E-state index contributed by atoms with van der Waals surface area (Å²) in [6.07, 6.45) is 7.28. The second-order valence-corrected chi connectivity index (χ2v) is 9.95. The summed E-state index contributed by atoms with van der Waals surface area (Å²) in [5, 5.41) is 3.87. The van der Waals surface area contributed by atoms with Crippen LogP contribution in [0.25, 0.3) is 0 Å². The zero-order chi connectivity index (χ0) is 18.0. The minimum Gasteiger partial charge on any atom is -0.444 e. The van der Waals surface area contributed by atoms with Crippen LogP contribution in [0.15, 0.2) is 0 Å². The van der Waals surface area contributed by atoms with Gasteiger partial charge in [-0.05, 0) is 57.3 Å². The van der Waals surface area contributed by atoms with Crippen LogP contribution < -0.4 is 5.32 Å². The van der Waals surface area contributed by atoms with Gasteiger partial charge in [0.1, 0.15) is 5.60 Å². The molecule has 1 saturated carbocycles. The van der Waals surface area contributed by atoms with E-state index in [2.05, 4.69) is 26.1 Å². The molecule has 4 heteroatoms. The highest BCUT2D eigenvalue weighted by atomic mass is 16.6. The third kappa shape index (κ3) is 5.37. The van der Waals surface area contributed by atoms with Gasteiger partial charge in [0.15, 0.2) is 0 Å². The SMILES string of the molecule is CC1(CNC2CCCCC2(C)C)CCN(C(=O)OC(C)(C)C)CC1. The Hall–Kier alpha value is -0.770. The summed E-state index contributed by atoms with van der Waals surface area (Å²) in [6, 6.07) is 0.631. The zero-order valence-corrected chi connectivity index (χ0v) is 16.7. The molecule has 1 aliphatic heterocycles. The Kier molecular flexibility index (Phi) is 5.89. The van der Waals surface area contributed by atoms with Gasteiger partial charge in [0.25, 0.3) is 0 Å². The Morgan fingerprint density at radius 3 is 2.29 bits per heavy atom. The minimum absolute atomic E-state index is 0.161. The Balaban J connectivity index is 1.81. The van der Waals surface area contributed by atoms with Gasteiger partial charge < -0.3 is 15.0 Å². The normalized spacial score (nSPS) is 26.9. The smallest absolute Gasteiger partial charge is 0.410 e. The molecule has 2 fully saturated rings. The molecule has 0 aromatic rings. The van der Waals surface area contributed by atoms with E-state index in [0.29, 0.717) is 11.5 Å². The van der Waals surface area contributed by atoms with Crippen LogP contribution in [0.1, 0.15) is 80.1 Å². The van der Waals surface area contributed by atoms with Crippen molar-refractivity contribution >= 4 is 6.09 Å². The molecule has 1 atom stereocenters. The largest absolute Gasteiger partial charge is 0.444 e. The fourth-order valence-electron chi connectivity index (χ4n) is 3.97. The monoisotopic (exact) mass is 338 g/mol. The van der Waals surface area contributed by atoms with Gasteiger partial charge in [-0.1, -0.05) is 33.6 Å². The molecule has 1 heterocycles. The lowest BCUT2D eigenvalue weighted by molar-refractivity contribution is 0.0109. The quantitative estimate of drug-likeness (QED) is 0.819. The minimum atomic E-state index is -0.411. The molecular weight excluding hydrogens is 300 g/mol. The molecule has 1 N–H and O–H groups in total. The number of rotatable bonds is 3. The molecule has 1 amide bonds. The van der Waals surface area contributed by atoms with Gasteiger partial charge in [-0.15, -0.1) is 0 Å². The zero-order valence-electron chi connectivity index (χ0n) is 16.7. The van der Waals surface area contributed by atoms with Gasteiger partial charge in [-0.25, -0.2) is 4.79 Å². The number of likely N-dealkylation sites (tertiary alicyclic amines) is 1. The second-order valence-electron chi connectivity index (χ2n) is 9.95. The van der Waals surface area contributed by atoms with Crippen LogP contribution >= 0.6 is 0 Å². The third-order valence-corrected chi connectivity index (χ3v) is 5.90. The van der Waals surface area contributed by atoms with Crippen LogP contribution in [0.4, 0.5) is 4.79 Å². The van der Waals surface area contributed by atoms with Gasteiger partial charge >= 0.3 is 6.09 Å². The number of ether oxygens (including phenoxy) is 1. The van der Waals surface area contributed by atoms with Crippen molar-refractivity contribution in [3.63, 3.8) is 0 Å². The average Bonchev–Trinajstić information content (AvgIpc) is 2.44. The van der Waals surface area contributed by atoms with E-state index in [1.807, 2.05) is 25.7 Å². The van der Waals surface area contributed by atoms with Crippen LogP contribution in [0.2, 0.25) is 0 Å². The summed E-state index contributed by atoms with van der Waals surface area (Å²) in [5.41, 5.74) is 0.282. The van der Waals surface area contributed by atoms with Crippen LogP contribution in [0.3, 0.4) is 0 Å². The molecule has 0 aromatic heterocycles. The number of carbonyl (C=O) groups excluding carboxylic acids is 1. The van der Waals surface area contributed by atoms with Crippen LogP contribution in [0.5, 0.6) is 0 Å². The Labute approximate surface area is 148 Å². The number of hydrogen-bond acceptors (Lipinski definition) is 3. The first-order chi connectivity index (χ1) is 11.0. The van der Waals surface area contributed by atoms with Gasteiger partial charge in [-0.2, -0.15) is 0 Å². The predicted octanol–water partition coefficient (Wildman–Crippen LogP) is 4.58. The number of carbonyl (C=O) groups is 1. The molecule has 140 valence electrons. The highest BCUT2D eigenvalue weighted by molar-refractivity contribution is 5.68. The van der Waals surface area contributed by atoms with Gasteiger partial charge in [-0.3, -0.25) is 0 Å². The fraction of sp³-hybridized carbons (Fsp3) is 0.950. The topological polar surface area (TPSA) is 41.6 Å². The fourth-order valence-corrected chi connectivity index (χ4v) is 3.97. The van der Waals surface area contributed by atoms with Gasteiger partial charge in [0.05, 0.1) is 0 Å². The highest BCUT2D eigenvalue weighted by Crippen LogP contribution is 2.37. The molecule has 0 aromatic carbocycles. The maximum Gasteiger partial charge on any atom is 0.410 e. The third-order valence-electron chi connectivity index (χ3n) is 5.90. The molecule has 24 heavy (non-hydrogen) atoms. The lowest BCUT2D eigenvalue weighted by atomic mass is 9.72. The summed E-state index contributed by atoms with van der Waals surface area (Å²) in [5.74, 6) is 0. The van der Waals surface area contributed by atoms with Crippen molar-refractivity contribution in [2.75, 3.05) is 19.6 Å². The Morgan fingerprint density at radius 2 is 1.75 bits per heavy atom. The lowest BCUT2D eigenvalue weighted by Gasteiger charge is -2.44. The molecule has 0 radical (unpaired) electrons. The Bertz CT molecular complexity index is 431. The maximum atomic E-state index is 12.2. The average molecular weight is 339 g/mol. The standard InChI is InChI=1S/C20H38N2O2/c1-18(2,3)24-17(23)22-13-11-20(6,12-14-22)15-21-16-9-7-8-10-19(16,4)5/h16,21H,7-15H2,1-6H3. The van der Waals surface area contributed by atoms with Crippen molar-refractivity contribution in [2.24, 2.45) is 10.8 Å². The van der Waals surface area contributed by atoms with E-state index >= 15 is 0 Å². The first-order valence-electron chi connectivity index (χ1n) is 9.72. The summed E-state index contributed by atoms with van der Waals surface area (Å²) in [7, 11) is 0. The van der Waals surface area contributed by atoms with E-state index in [1.165, 1.54) is 25.7 Å². The van der Waals surface area contributed by atoms with Crippen LogP contribution in [0, 0.1) is 10.8 Å². The van der Waals surface area contributed by atoms with Crippen molar-refractivity contribution in [3.8, 4) is 0 Å². The van der Waals surface area contributed by atoms with E-state index < -0.39 is 5.60 Å². The van der Waals surface area contributed by atoms with Crippen LogP contribution in [-0.2, 0) is 4.74 Å². The molecule has 1 saturated heterocycles. The molecule has 4 nitrogen and oxygen atoms in total. The molecule has 2 rings (SSSR count). The molecule has 1 unspecified atom stereocenters. The number of hydrogen-bond donors (Lipinski definition) is 1. The number of nitrogens with one attached hydrogen (secondary N) is 1. The van der Waals surface area contributed by atoms with Crippen molar-refractivity contribution in [2.45, 2.75) is 91.7 Å². The van der Waals surface area contributed by atoms with Crippen LogP contribution in [-0.4, -0.2) is 42.3 Å². The highest BCUT2D eigenvalue weighted by Gasteiger charge is 2.36. The predicted molar refractivity (Wildman–Crippen MR) is 99.2 cm³/mol. The van der Waals surface area contributed by atoms with Crippen molar-refractivity contribution < 1.29 is 9.53 Å². The summed E-state index contributed by atoms with van der Waals surface area (Å²) < 4.78 is 5.50. The molecule has 0 bridgehead atoms. The molecule has 2 aliphatic rings. The molecular formula is C20H38N2O2. The van der Waals surface area contributed by atoms with E-state index in [9.17, 15) is 4.79 Å². The molecule has 0 spiro atoms. The summed E-state index contributed by atoms with van der Waals surface area (Å²) in [4.78, 5) is 14.1. The van der Waals surface area contributed by atoms with E-state index in [-0.39, 0.29) is 11.5 Å². The Morgan fingerprint density at radius 1 is 1.12 bits per heavy atom. The van der Waals surface area contributed by atoms with Crippen molar-refractivity contribution in [3.05, 3.63) is 0 Å². The van der Waals surface area contributed by atoms with Crippen molar-refractivity contribution in [1.29, 1.82) is 0 Å². The van der Waals surface area contributed by atoms with E-state index in [4.69, 9.17) is 4.74 Å². The van der Waals surface area contributed by atoms with Gasteiger partial charge in [0.2, 0.25) is 0 Å².